The second kappa shape index (κ2) is 9.94. The summed E-state index contributed by atoms with van der Waals surface area (Å²) in [5.41, 5.74) is 2.09. The molecule has 0 spiro atoms. The van der Waals surface area contributed by atoms with Gasteiger partial charge in [0, 0.05) is 29.4 Å². The zero-order chi connectivity index (χ0) is 19.9. The fraction of sp³-hybridized carbons (Fsp3) is 0.381. The van der Waals surface area contributed by atoms with Gasteiger partial charge in [0.1, 0.15) is 0 Å². The first-order chi connectivity index (χ1) is 13.6. The second-order valence-corrected chi connectivity index (χ2v) is 7.96. The van der Waals surface area contributed by atoms with E-state index in [4.69, 9.17) is 11.6 Å². The van der Waals surface area contributed by atoms with Gasteiger partial charge in [0.05, 0.1) is 5.75 Å². The fourth-order valence-corrected chi connectivity index (χ4v) is 4.26. The van der Waals surface area contributed by atoms with Gasteiger partial charge < -0.3 is 4.90 Å². The van der Waals surface area contributed by atoms with Crippen LogP contribution >= 0.6 is 23.4 Å². The van der Waals surface area contributed by atoms with Gasteiger partial charge in [0.2, 0.25) is 5.91 Å². The molecular weight excluding hydrogens is 392 g/mol. The lowest BCUT2D eigenvalue weighted by Gasteiger charge is -2.26. The molecule has 28 heavy (non-hydrogen) atoms. The average molecular weight is 417 g/mol. The number of allylic oxidation sites excluding steroid dienone is 3. The monoisotopic (exact) mass is 416 g/mol. The Hall–Kier alpha value is -2.05. The molecule has 1 aromatic carbocycles. The van der Waals surface area contributed by atoms with Crippen molar-refractivity contribution in [1.82, 2.24) is 19.7 Å². The van der Waals surface area contributed by atoms with Crippen molar-refractivity contribution in [2.75, 3.05) is 12.3 Å². The van der Waals surface area contributed by atoms with Crippen LogP contribution in [-0.2, 0) is 11.3 Å². The molecule has 0 aliphatic heterocycles. The van der Waals surface area contributed by atoms with E-state index in [9.17, 15) is 4.79 Å². The molecule has 1 aromatic heterocycles. The Morgan fingerprint density at radius 1 is 1.32 bits per heavy atom. The largest absolute Gasteiger partial charge is 0.316 e. The number of amides is 1. The third-order valence-corrected chi connectivity index (χ3v) is 5.89. The maximum atomic E-state index is 12.8. The number of hydrogen-bond donors (Lipinski definition) is 0. The predicted octanol–water partition coefficient (Wildman–Crippen LogP) is 5.18. The Morgan fingerprint density at radius 2 is 2.11 bits per heavy atom. The SMILES string of the molecule is C=CCn1c(SCC(=O)N(CC)C2=CCCCC2)nnc1-c1ccc(Cl)cc1. The smallest absolute Gasteiger partial charge is 0.237 e. The highest BCUT2D eigenvalue weighted by Crippen LogP contribution is 2.27. The summed E-state index contributed by atoms with van der Waals surface area (Å²) < 4.78 is 1.98. The van der Waals surface area contributed by atoms with Crippen molar-refractivity contribution in [2.45, 2.75) is 44.3 Å². The van der Waals surface area contributed by atoms with E-state index in [0.717, 1.165) is 36.3 Å². The van der Waals surface area contributed by atoms with Crippen LogP contribution in [0.25, 0.3) is 11.4 Å². The maximum Gasteiger partial charge on any atom is 0.237 e. The van der Waals surface area contributed by atoms with Gasteiger partial charge in [-0.15, -0.1) is 16.8 Å². The van der Waals surface area contributed by atoms with Crippen molar-refractivity contribution in [3.8, 4) is 11.4 Å². The minimum Gasteiger partial charge on any atom is -0.316 e. The Morgan fingerprint density at radius 3 is 2.75 bits per heavy atom. The summed E-state index contributed by atoms with van der Waals surface area (Å²) in [5, 5.41) is 10.0. The zero-order valence-electron chi connectivity index (χ0n) is 16.1. The van der Waals surface area contributed by atoms with Crippen molar-refractivity contribution in [3.05, 3.63) is 53.7 Å². The van der Waals surface area contributed by atoms with Crippen LogP contribution in [0, 0.1) is 0 Å². The predicted molar refractivity (Wildman–Crippen MR) is 115 cm³/mol. The van der Waals surface area contributed by atoms with E-state index in [1.807, 2.05) is 40.7 Å². The molecule has 148 valence electrons. The van der Waals surface area contributed by atoms with Crippen molar-refractivity contribution in [1.29, 1.82) is 0 Å². The average Bonchev–Trinajstić information content (AvgIpc) is 3.11. The van der Waals surface area contributed by atoms with E-state index < -0.39 is 0 Å². The standard InChI is InChI=1S/C21H25ClN4OS/c1-3-14-26-20(16-10-12-17(22)13-11-16)23-24-21(26)28-15-19(27)25(4-2)18-8-6-5-7-9-18/h3,8,10-13H,1,4-7,9,14-15H2,2H3. The fourth-order valence-electron chi connectivity index (χ4n) is 3.31. The molecule has 5 nitrogen and oxygen atoms in total. The highest BCUT2D eigenvalue weighted by atomic mass is 35.5. The number of nitrogens with zero attached hydrogens (tertiary/aromatic N) is 4. The topological polar surface area (TPSA) is 51.0 Å². The number of carbonyl (C=O) groups excluding carboxylic acids is 1. The molecule has 1 amide bonds. The maximum absolute atomic E-state index is 12.8. The van der Waals surface area contributed by atoms with E-state index >= 15 is 0 Å². The molecule has 0 unspecified atom stereocenters. The molecule has 1 heterocycles. The Bertz CT molecular complexity index is 860. The lowest BCUT2D eigenvalue weighted by molar-refractivity contribution is -0.126. The van der Waals surface area contributed by atoms with E-state index in [1.54, 1.807) is 6.08 Å². The first-order valence-electron chi connectivity index (χ1n) is 9.56. The van der Waals surface area contributed by atoms with Gasteiger partial charge in [-0.2, -0.15) is 0 Å². The Labute approximate surface area is 175 Å². The molecule has 0 fully saturated rings. The van der Waals surface area contributed by atoms with Gasteiger partial charge in [-0.05, 0) is 56.9 Å². The number of benzene rings is 1. The van der Waals surface area contributed by atoms with E-state index in [2.05, 4.69) is 22.9 Å². The Balaban J connectivity index is 1.74. The van der Waals surface area contributed by atoms with Gasteiger partial charge in [-0.25, -0.2) is 0 Å². The number of rotatable bonds is 8. The van der Waals surface area contributed by atoms with Crippen LogP contribution < -0.4 is 0 Å². The first kappa shape index (κ1) is 20.7. The van der Waals surface area contributed by atoms with Gasteiger partial charge in [0.15, 0.2) is 11.0 Å². The molecule has 0 N–H and O–H groups in total. The van der Waals surface area contributed by atoms with Crippen LogP contribution in [0.3, 0.4) is 0 Å². The number of halogens is 1. The summed E-state index contributed by atoms with van der Waals surface area (Å²) in [6, 6.07) is 7.49. The van der Waals surface area contributed by atoms with Crippen LogP contribution in [0.2, 0.25) is 5.02 Å². The molecule has 0 radical (unpaired) electrons. The van der Waals surface area contributed by atoms with Crippen molar-refractivity contribution in [2.24, 2.45) is 0 Å². The number of hydrogen-bond acceptors (Lipinski definition) is 4. The second-order valence-electron chi connectivity index (χ2n) is 6.58. The summed E-state index contributed by atoms with van der Waals surface area (Å²) >= 11 is 7.41. The van der Waals surface area contributed by atoms with Gasteiger partial charge in [-0.3, -0.25) is 9.36 Å². The van der Waals surface area contributed by atoms with Crippen LogP contribution in [0.5, 0.6) is 0 Å². The molecule has 2 aromatic rings. The van der Waals surface area contributed by atoms with Gasteiger partial charge >= 0.3 is 0 Å². The number of aromatic nitrogens is 3. The molecule has 3 rings (SSSR count). The molecule has 1 aliphatic rings. The summed E-state index contributed by atoms with van der Waals surface area (Å²) in [7, 11) is 0. The quantitative estimate of drug-likeness (QED) is 0.439. The van der Waals surface area contributed by atoms with Crippen molar-refractivity contribution >= 4 is 29.3 Å². The molecule has 0 saturated carbocycles. The summed E-state index contributed by atoms with van der Waals surface area (Å²) in [6.07, 6.45) is 8.42. The molecule has 0 atom stereocenters. The third-order valence-electron chi connectivity index (χ3n) is 4.69. The van der Waals surface area contributed by atoms with Crippen LogP contribution in [0.1, 0.15) is 32.6 Å². The van der Waals surface area contributed by atoms with E-state index in [1.165, 1.54) is 18.2 Å². The summed E-state index contributed by atoms with van der Waals surface area (Å²) in [6.45, 7) is 7.13. The minimum absolute atomic E-state index is 0.113. The third kappa shape index (κ3) is 4.86. The normalized spacial score (nSPS) is 13.9. The first-order valence-corrected chi connectivity index (χ1v) is 10.9. The molecule has 0 saturated heterocycles. The van der Waals surface area contributed by atoms with E-state index in [-0.39, 0.29) is 5.91 Å². The lowest BCUT2D eigenvalue weighted by atomic mass is 10.0. The summed E-state index contributed by atoms with van der Waals surface area (Å²) in [5.74, 6) is 1.19. The van der Waals surface area contributed by atoms with Crippen LogP contribution in [0.15, 0.2) is 53.8 Å². The number of carbonyl (C=O) groups is 1. The van der Waals surface area contributed by atoms with E-state index in [0.29, 0.717) is 29.0 Å². The lowest BCUT2D eigenvalue weighted by Crippen LogP contribution is -2.32. The highest BCUT2D eigenvalue weighted by Gasteiger charge is 2.20. The molecular formula is C21H25ClN4OS. The minimum atomic E-state index is 0.113. The molecule has 0 bridgehead atoms. The van der Waals surface area contributed by atoms with Gasteiger partial charge in [-0.1, -0.05) is 35.5 Å². The Kier molecular flexibility index (Phi) is 7.34. The zero-order valence-corrected chi connectivity index (χ0v) is 17.7. The van der Waals surface area contributed by atoms with Gasteiger partial charge in [0.25, 0.3) is 0 Å². The van der Waals surface area contributed by atoms with Crippen molar-refractivity contribution in [3.63, 3.8) is 0 Å². The summed E-state index contributed by atoms with van der Waals surface area (Å²) in [4.78, 5) is 14.7. The van der Waals surface area contributed by atoms with Crippen LogP contribution in [-0.4, -0.2) is 37.9 Å². The van der Waals surface area contributed by atoms with Crippen LogP contribution in [0.4, 0.5) is 0 Å². The van der Waals surface area contributed by atoms with Crippen molar-refractivity contribution < 1.29 is 4.79 Å². The molecule has 1 aliphatic carbocycles. The highest BCUT2D eigenvalue weighted by molar-refractivity contribution is 7.99. The molecule has 7 heteroatoms. The number of thioether (sulfide) groups is 1.